The maximum absolute atomic E-state index is 13.2. The zero-order chi connectivity index (χ0) is 18.1. The third kappa shape index (κ3) is 3.19. The van der Waals surface area contributed by atoms with E-state index in [2.05, 4.69) is 4.90 Å². The third-order valence-electron chi connectivity index (χ3n) is 5.73. The maximum atomic E-state index is 13.2. The van der Waals surface area contributed by atoms with Crippen LogP contribution in [-0.2, 0) is 11.3 Å². The Morgan fingerprint density at radius 2 is 2.04 bits per heavy atom. The van der Waals surface area contributed by atoms with Gasteiger partial charge in [-0.3, -0.25) is 9.69 Å². The molecular weight excluding hydrogens is 333 g/mol. The Kier molecular flexibility index (Phi) is 4.41. The number of carboxylic acid groups (broad SMARTS) is 1. The van der Waals surface area contributed by atoms with Gasteiger partial charge in [-0.1, -0.05) is 24.6 Å². The molecule has 1 heterocycles. The van der Waals surface area contributed by atoms with Gasteiger partial charge >= 0.3 is 5.97 Å². The standard InChI is InChI=1S/C21H22FNO3/c22-17-4-1-5-19(11-17)26-18-8-6-15(7-9-18)12-23-13-16-3-2-10-21(16,14-23)20(24)25/h1,4-9,11,16H,2-3,10,12-14H2,(H,24,25)/t16-,21+/m0/s1. The normalized spacial score (nSPS) is 25.2. The van der Waals surface area contributed by atoms with E-state index in [0.717, 1.165) is 37.9 Å². The van der Waals surface area contributed by atoms with E-state index in [1.807, 2.05) is 24.3 Å². The molecule has 4 rings (SSSR count). The summed E-state index contributed by atoms with van der Waals surface area (Å²) in [6, 6.07) is 13.8. The second kappa shape index (κ2) is 6.72. The number of aliphatic carboxylic acids is 1. The molecule has 1 aliphatic heterocycles. The first-order chi connectivity index (χ1) is 12.5. The van der Waals surface area contributed by atoms with Crippen molar-refractivity contribution in [3.8, 4) is 11.5 Å². The number of rotatable bonds is 5. The average molecular weight is 355 g/mol. The van der Waals surface area contributed by atoms with Crippen LogP contribution in [0.3, 0.4) is 0 Å². The molecule has 2 aromatic rings. The van der Waals surface area contributed by atoms with Gasteiger partial charge in [0.05, 0.1) is 5.41 Å². The summed E-state index contributed by atoms with van der Waals surface area (Å²) >= 11 is 0. The van der Waals surface area contributed by atoms with Gasteiger partial charge in [0.1, 0.15) is 17.3 Å². The van der Waals surface area contributed by atoms with Crippen LogP contribution in [0.1, 0.15) is 24.8 Å². The molecule has 4 nitrogen and oxygen atoms in total. The molecule has 1 saturated carbocycles. The molecule has 0 aromatic heterocycles. The molecule has 0 spiro atoms. The molecule has 1 N–H and O–H groups in total. The predicted octanol–water partition coefficient (Wildman–Crippen LogP) is 4.30. The van der Waals surface area contributed by atoms with Crippen molar-refractivity contribution in [2.45, 2.75) is 25.8 Å². The van der Waals surface area contributed by atoms with Crippen LogP contribution in [0, 0.1) is 17.2 Å². The molecule has 0 bridgehead atoms. The van der Waals surface area contributed by atoms with E-state index in [9.17, 15) is 14.3 Å². The van der Waals surface area contributed by atoms with Crippen molar-refractivity contribution in [2.24, 2.45) is 11.3 Å². The largest absolute Gasteiger partial charge is 0.481 e. The van der Waals surface area contributed by atoms with Crippen LogP contribution >= 0.6 is 0 Å². The number of nitrogens with zero attached hydrogens (tertiary/aromatic N) is 1. The van der Waals surface area contributed by atoms with Crippen molar-refractivity contribution < 1.29 is 19.0 Å². The lowest BCUT2D eigenvalue weighted by atomic mass is 9.81. The van der Waals surface area contributed by atoms with E-state index in [-0.39, 0.29) is 11.7 Å². The van der Waals surface area contributed by atoms with Gasteiger partial charge in [0, 0.05) is 25.7 Å². The number of hydrogen-bond acceptors (Lipinski definition) is 3. The average Bonchev–Trinajstić information content (AvgIpc) is 3.15. The molecule has 136 valence electrons. The fraction of sp³-hybridized carbons (Fsp3) is 0.381. The van der Waals surface area contributed by atoms with Gasteiger partial charge in [0.2, 0.25) is 0 Å². The summed E-state index contributed by atoms with van der Waals surface area (Å²) in [6.45, 7) is 2.23. The summed E-state index contributed by atoms with van der Waals surface area (Å²) in [6.07, 6.45) is 2.84. The lowest BCUT2D eigenvalue weighted by Gasteiger charge is -2.23. The summed E-state index contributed by atoms with van der Waals surface area (Å²) in [5.74, 6) is 0.427. The molecule has 1 aliphatic carbocycles. The number of hydrogen-bond donors (Lipinski definition) is 1. The number of carboxylic acids is 1. The zero-order valence-corrected chi connectivity index (χ0v) is 14.5. The van der Waals surface area contributed by atoms with E-state index in [0.29, 0.717) is 18.0 Å². The molecule has 26 heavy (non-hydrogen) atoms. The Morgan fingerprint density at radius 1 is 1.23 bits per heavy atom. The lowest BCUT2D eigenvalue weighted by Crippen LogP contribution is -2.35. The summed E-state index contributed by atoms with van der Waals surface area (Å²) in [7, 11) is 0. The minimum Gasteiger partial charge on any atom is -0.481 e. The van der Waals surface area contributed by atoms with Gasteiger partial charge in [-0.2, -0.15) is 0 Å². The van der Waals surface area contributed by atoms with Gasteiger partial charge in [-0.05, 0) is 48.6 Å². The Balaban J connectivity index is 1.40. The van der Waals surface area contributed by atoms with E-state index in [4.69, 9.17) is 4.74 Å². The van der Waals surface area contributed by atoms with Crippen molar-refractivity contribution in [2.75, 3.05) is 13.1 Å². The van der Waals surface area contributed by atoms with E-state index < -0.39 is 11.4 Å². The Morgan fingerprint density at radius 3 is 2.73 bits per heavy atom. The number of likely N-dealkylation sites (tertiary alicyclic amines) is 1. The second-order valence-electron chi connectivity index (χ2n) is 7.42. The minimum absolute atomic E-state index is 0.274. The first-order valence-electron chi connectivity index (χ1n) is 9.03. The van der Waals surface area contributed by atoms with E-state index in [1.165, 1.54) is 12.1 Å². The highest BCUT2D eigenvalue weighted by atomic mass is 19.1. The second-order valence-corrected chi connectivity index (χ2v) is 7.42. The van der Waals surface area contributed by atoms with Crippen molar-refractivity contribution >= 4 is 5.97 Å². The lowest BCUT2D eigenvalue weighted by molar-refractivity contribution is -0.149. The predicted molar refractivity (Wildman–Crippen MR) is 95.6 cm³/mol. The van der Waals surface area contributed by atoms with E-state index >= 15 is 0 Å². The molecule has 2 fully saturated rings. The van der Waals surface area contributed by atoms with E-state index in [1.54, 1.807) is 12.1 Å². The molecule has 2 aliphatic rings. The quantitative estimate of drug-likeness (QED) is 0.868. The van der Waals surface area contributed by atoms with Gasteiger partial charge < -0.3 is 9.84 Å². The SMILES string of the molecule is O=C(O)[C@@]12CCC[C@H]1CN(Cc1ccc(Oc3cccc(F)c3)cc1)C2. The number of fused-ring (bicyclic) bond motifs is 1. The molecule has 1 saturated heterocycles. The topological polar surface area (TPSA) is 49.8 Å². The Bertz CT molecular complexity index is 807. The van der Waals surface area contributed by atoms with Crippen molar-refractivity contribution in [1.82, 2.24) is 4.90 Å². The molecule has 2 atom stereocenters. The van der Waals surface area contributed by atoms with Gasteiger partial charge in [-0.15, -0.1) is 0 Å². The smallest absolute Gasteiger partial charge is 0.311 e. The maximum Gasteiger partial charge on any atom is 0.311 e. The third-order valence-corrected chi connectivity index (χ3v) is 5.73. The van der Waals surface area contributed by atoms with Gasteiger partial charge in [-0.25, -0.2) is 4.39 Å². The summed E-state index contributed by atoms with van der Waals surface area (Å²) in [5.41, 5.74) is 0.581. The van der Waals surface area contributed by atoms with Crippen molar-refractivity contribution in [3.63, 3.8) is 0 Å². The van der Waals surface area contributed by atoms with Crippen LogP contribution < -0.4 is 4.74 Å². The first kappa shape index (κ1) is 17.0. The Hall–Kier alpha value is -2.40. The first-order valence-corrected chi connectivity index (χ1v) is 9.03. The van der Waals surface area contributed by atoms with Crippen LogP contribution in [0.5, 0.6) is 11.5 Å². The summed E-state index contributed by atoms with van der Waals surface area (Å²) < 4.78 is 18.9. The number of halogens is 1. The van der Waals surface area contributed by atoms with Crippen molar-refractivity contribution in [1.29, 1.82) is 0 Å². The summed E-state index contributed by atoms with van der Waals surface area (Å²) in [4.78, 5) is 14.0. The van der Waals surface area contributed by atoms with Gasteiger partial charge in [0.15, 0.2) is 0 Å². The molecule has 0 amide bonds. The number of ether oxygens (including phenoxy) is 1. The number of benzene rings is 2. The molecule has 0 unspecified atom stereocenters. The highest BCUT2D eigenvalue weighted by Gasteiger charge is 2.54. The minimum atomic E-state index is -0.638. The van der Waals surface area contributed by atoms with Crippen LogP contribution in [0.2, 0.25) is 0 Å². The van der Waals surface area contributed by atoms with Crippen LogP contribution in [0.15, 0.2) is 48.5 Å². The van der Waals surface area contributed by atoms with Crippen LogP contribution in [-0.4, -0.2) is 29.1 Å². The Labute approximate surface area is 152 Å². The molecular formula is C21H22FNO3. The highest BCUT2D eigenvalue weighted by molar-refractivity contribution is 5.76. The highest BCUT2D eigenvalue weighted by Crippen LogP contribution is 2.49. The fourth-order valence-corrected chi connectivity index (χ4v) is 4.45. The van der Waals surface area contributed by atoms with Crippen LogP contribution in [0.25, 0.3) is 0 Å². The monoisotopic (exact) mass is 355 g/mol. The van der Waals surface area contributed by atoms with Crippen molar-refractivity contribution in [3.05, 3.63) is 59.9 Å². The fourth-order valence-electron chi connectivity index (χ4n) is 4.45. The number of carbonyl (C=O) groups is 1. The zero-order valence-electron chi connectivity index (χ0n) is 14.5. The summed E-state index contributed by atoms with van der Waals surface area (Å²) in [5, 5.41) is 9.68. The van der Waals surface area contributed by atoms with Gasteiger partial charge in [0.25, 0.3) is 0 Å². The molecule has 0 radical (unpaired) electrons. The molecule has 2 aromatic carbocycles. The molecule has 5 heteroatoms. The van der Waals surface area contributed by atoms with Crippen LogP contribution in [0.4, 0.5) is 4.39 Å².